The van der Waals surface area contributed by atoms with Crippen molar-refractivity contribution in [3.63, 3.8) is 0 Å². The first-order chi connectivity index (χ1) is 7.66. The lowest BCUT2D eigenvalue weighted by Gasteiger charge is -2.21. The Morgan fingerprint density at radius 1 is 1.18 bits per heavy atom. The van der Waals surface area contributed by atoms with Gasteiger partial charge in [-0.1, -0.05) is 19.9 Å². The van der Waals surface area contributed by atoms with Crippen LogP contribution in [0.25, 0.3) is 0 Å². The fourth-order valence-corrected chi connectivity index (χ4v) is 1.93. The second-order valence-electron chi connectivity index (χ2n) is 4.64. The molecule has 0 aromatic heterocycles. The number of halogens is 1. The zero-order valence-electron chi connectivity index (χ0n) is 10.3. The van der Waals surface area contributed by atoms with E-state index in [4.69, 9.17) is 15.2 Å². The van der Waals surface area contributed by atoms with Gasteiger partial charge in [0, 0.05) is 6.04 Å². The smallest absolute Gasteiger partial charge is 0.161 e. The van der Waals surface area contributed by atoms with Gasteiger partial charge in [-0.3, -0.25) is 0 Å². The van der Waals surface area contributed by atoms with Crippen LogP contribution >= 0.6 is 12.4 Å². The van der Waals surface area contributed by atoms with Crippen LogP contribution in [-0.4, -0.2) is 13.2 Å². The molecule has 0 aliphatic carbocycles. The van der Waals surface area contributed by atoms with Gasteiger partial charge in [0.05, 0.1) is 0 Å². The molecular weight excluding hydrogens is 238 g/mol. The van der Waals surface area contributed by atoms with Crippen LogP contribution < -0.4 is 15.2 Å². The summed E-state index contributed by atoms with van der Waals surface area (Å²) in [6.07, 6.45) is 0.986. The van der Waals surface area contributed by atoms with E-state index in [1.165, 1.54) is 0 Å². The molecule has 0 amide bonds. The molecule has 96 valence electrons. The molecule has 2 rings (SSSR count). The number of benzene rings is 1. The van der Waals surface area contributed by atoms with E-state index in [1.807, 2.05) is 18.2 Å². The van der Waals surface area contributed by atoms with Crippen molar-refractivity contribution in [1.29, 1.82) is 0 Å². The number of hydrogen-bond acceptors (Lipinski definition) is 3. The van der Waals surface area contributed by atoms with E-state index in [1.54, 1.807) is 0 Å². The molecule has 0 spiro atoms. The number of rotatable bonds is 3. The number of ether oxygens (including phenoxy) is 2. The molecule has 0 fully saturated rings. The van der Waals surface area contributed by atoms with Crippen LogP contribution in [0.4, 0.5) is 0 Å². The van der Waals surface area contributed by atoms with Crippen LogP contribution in [0, 0.1) is 5.92 Å². The minimum absolute atomic E-state index is 0. The Hall–Kier alpha value is -0.930. The minimum Gasteiger partial charge on any atom is -0.486 e. The van der Waals surface area contributed by atoms with Crippen LogP contribution in [0.3, 0.4) is 0 Å². The van der Waals surface area contributed by atoms with Crippen molar-refractivity contribution in [3.05, 3.63) is 23.8 Å². The summed E-state index contributed by atoms with van der Waals surface area (Å²) in [6.45, 7) is 5.61. The van der Waals surface area contributed by atoms with Gasteiger partial charge in [0.1, 0.15) is 13.2 Å². The van der Waals surface area contributed by atoms with Gasteiger partial charge in [0.25, 0.3) is 0 Å². The van der Waals surface area contributed by atoms with E-state index in [0.717, 1.165) is 23.5 Å². The predicted octanol–water partition coefficient (Wildman–Crippen LogP) is 2.93. The summed E-state index contributed by atoms with van der Waals surface area (Å²) in [7, 11) is 0. The molecule has 0 radical (unpaired) electrons. The summed E-state index contributed by atoms with van der Waals surface area (Å²) in [6, 6.07) is 6.06. The van der Waals surface area contributed by atoms with Crippen molar-refractivity contribution >= 4 is 12.4 Å². The lowest BCUT2D eigenvalue weighted by Crippen LogP contribution is -2.17. The van der Waals surface area contributed by atoms with Crippen molar-refractivity contribution in [2.24, 2.45) is 11.7 Å². The molecule has 1 aliphatic rings. The van der Waals surface area contributed by atoms with Gasteiger partial charge in [-0.25, -0.2) is 0 Å². The van der Waals surface area contributed by atoms with Crippen LogP contribution in [0.1, 0.15) is 31.9 Å². The van der Waals surface area contributed by atoms with E-state index in [2.05, 4.69) is 13.8 Å². The molecule has 0 bridgehead atoms. The quantitative estimate of drug-likeness (QED) is 0.906. The van der Waals surface area contributed by atoms with Crippen LogP contribution in [0.5, 0.6) is 11.5 Å². The fraction of sp³-hybridized carbons (Fsp3) is 0.538. The first kappa shape index (κ1) is 14.1. The molecule has 0 unspecified atom stereocenters. The third-order valence-electron chi connectivity index (χ3n) is 2.72. The summed E-state index contributed by atoms with van der Waals surface area (Å²) in [5.41, 5.74) is 7.26. The largest absolute Gasteiger partial charge is 0.486 e. The van der Waals surface area contributed by atoms with Crippen molar-refractivity contribution in [2.45, 2.75) is 26.3 Å². The third kappa shape index (κ3) is 3.51. The molecule has 17 heavy (non-hydrogen) atoms. The number of fused-ring (bicyclic) bond motifs is 1. The second kappa shape index (κ2) is 6.12. The second-order valence-corrected chi connectivity index (χ2v) is 4.64. The Labute approximate surface area is 109 Å². The lowest BCUT2D eigenvalue weighted by atomic mass is 9.97. The first-order valence-electron chi connectivity index (χ1n) is 5.82. The van der Waals surface area contributed by atoms with Crippen molar-refractivity contribution < 1.29 is 9.47 Å². The summed E-state index contributed by atoms with van der Waals surface area (Å²) in [5, 5.41) is 0. The Kier molecular flexibility index (Phi) is 5.09. The standard InChI is InChI=1S/C13H19NO2.ClH/c1-9(2)7-11(14)10-3-4-12-13(8-10)16-6-5-15-12;/h3-4,8-9,11H,5-7,14H2,1-2H3;1H/t11-;/m1./s1. The normalized spacial score (nSPS) is 15.3. The van der Waals surface area contributed by atoms with Crippen molar-refractivity contribution in [3.8, 4) is 11.5 Å². The molecule has 1 aromatic carbocycles. The summed E-state index contributed by atoms with van der Waals surface area (Å²) in [4.78, 5) is 0. The molecule has 1 aromatic rings. The Bertz CT molecular complexity index is 368. The molecule has 1 aliphatic heterocycles. The average Bonchev–Trinajstić information content (AvgIpc) is 2.27. The van der Waals surface area contributed by atoms with Gasteiger partial charge < -0.3 is 15.2 Å². The predicted molar refractivity (Wildman–Crippen MR) is 71.1 cm³/mol. The van der Waals surface area contributed by atoms with Gasteiger partial charge in [-0.15, -0.1) is 12.4 Å². The topological polar surface area (TPSA) is 44.5 Å². The van der Waals surface area contributed by atoms with E-state index in [-0.39, 0.29) is 18.4 Å². The highest BCUT2D eigenvalue weighted by molar-refractivity contribution is 5.85. The van der Waals surface area contributed by atoms with E-state index in [9.17, 15) is 0 Å². The van der Waals surface area contributed by atoms with Crippen LogP contribution in [0.15, 0.2) is 18.2 Å². The highest BCUT2D eigenvalue weighted by Crippen LogP contribution is 2.33. The summed E-state index contributed by atoms with van der Waals surface area (Å²) >= 11 is 0. The Morgan fingerprint density at radius 2 is 1.82 bits per heavy atom. The number of hydrogen-bond donors (Lipinski definition) is 1. The SMILES string of the molecule is CC(C)C[C@@H](N)c1ccc2c(c1)OCCO2.Cl. The molecule has 0 saturated heterocycles. The molecule has 2 N–H and O–H groups in total. The van der Waals surface area contributed by atoms with Gasteiger partial charge in [-0.2, -0.15) is 0 Å². The van der Waals surface area contributed by atoms with Crippen molar-refractivity contribution in [1.82, 2.24) is 0 Å². The van der Waals surface area contributed by atoms with Crippen molar-refractivity contribution in [2.75, 3.05) is 13.2 Å². The molecule has 0 saturated carbocycles. The molecule has 3 nitrogen and oxygen atoms in total. The first-order valence-corrected chi connectivity index (χ1v) is 5.82. The fourth-order valence-electron chi connectivity index (χ4n) is 1.93. The zero-order chi connectivity index (χ0) is 11.5. The maximum atomic E-state index is 6.13. The third-order valence-corrected chi connectivity index (χ3v) is 2.72. The monoisotopic (exact) mass is 257 g/mol. The van der Waals surface area contributed by atoms with E-state index >= 15 is 0 Å². The zero-order valence-corrected chi connectivity index (χ0v) is 11.1. The van der Waals surface area contributed by atoms with E-state index in [0.29, 0.717) is 19.1 Å². The highest BCUT2D eigenvalue weighted by Gasteiger charge is 2.15. The molecule has 4 heteroatoms. The molecular formula is C13H20ClNO2. The molecule has 1 heterocycles. The highest BCUT2D eigenvalue weighted by atomic mass is 35.5. The minimum atomic E-state index is 0. The average molecular weight is 258 g/mol. The lowest BCUT2D eigenvalue weighted by molar-refractivity contribution is 0.171. The summed E-state index contributed by atoms with van der Waals surface area (Å²) in [5.74, 6) is 2.25. The van der Waals surface area contributed by atoms with E-state index < -0.39 is 0 Å². The summed E-state index contributed by atoms with van der Waals surface area (Å²) < 4.78 is 11.0. The van der Waals surface area contributed by atoms with Gasteiger partial charge in [0.15, 0.2) is 11.5 Å². The van der Waals surface area contributed by atoms with Gasteiger partial charge in [0.2, 0.25) is 0 Å². The van der Waals surface area contributed by atoms with Crippen LogP contribution in [0.2, 0.25) is 0 Å². The Balaban J connectivity index is 0.00000144. The van der Waals surface area contributed by atoms with Crippen LogP contribution in [-0.2, 0) is 0 Å². The van der Waals surface area contributed by atoms with Gasteiger partial charge in [-0.05, 0) is 30.0 Å². The maximum absolute atomic E-state index is 6.13. The Morgan fingerprint density at radius 3 is 2.47 bits per heavy atom. The molecule has 1 atom stereocenters. The number of nitrogens with two attached hydrogens (primary N) is 1. The van der Waals surface area contributed by atoms with Gasteiger partial charge >= 0.3 is 0 Å². The maximum Gasteiger partial charge on any atom is 0.161 e.